The van der Waals surface area contributed by atoms with Gasteiger partial charge in [0.05, 0.1) is 0 Å². The Kier molecular flexibility index (Phi) is 5.70. The van der Waals surface area contributed by atoms with E-state index in [9.17, 15) is 4.79 Å². The van der Waals surface area contributed by atoms with E-state index >= 15 is 0 Å². The van der Waals surface area contributed by atoms with E-state index in [2.05, 4.69) is 12.2 Å². The molecule has 1 amide bonds. The van der Waals surface area contributed by atoms with Gasteiger partial charge in [0.15, 0.2) is 0 Å². The quantitative estimate of drug-likeness (QED) is 0.795. The van der Waals surface area contributed by atoms with Crippen molar-refractivity contribution in [3.05, 3.63) is 29.8 Å². The van der Waals surface area contributed by atoms with E-state index in [1.165, 1.54) is 0 Å². The van der Waals surface area contributed by atoms with Crippen molar-refractivity contribution in [2.75, 3.05) is 11.9 Å². The van der Waals surface area contributed by atoms with E-state index in [4.69, 9.17) is 5.73 Å². The predicted molar refractivity (Wildman–Crippen MR) is 71.9 cm³/mol. The van der Waals surface area contributed by atoms with Crippen LogP contribution < -0.4 is 11.1 Å². The van der Waals surface area contributed by atoms with Gasteiger partial charge in [-0.2, -0.15) is 0 Å². The van der Waals surface area contributed by atoms with Crippen LogP contribution in [-0.4, -0.2) is 12.5 Å². The van der Waals surface area contributed by atoms with E-state index in [1.807, 2.05) is 31.2 Å². The number of anilines is 1. The standard InChI is InChI=1S/C14H22N2O/c1-11(9-10-15)7-8-14(17)16-13-6-4-3-5-12(13)2/h3-6,11H,7-10,15H2,1-2H3,(H,16,17). The molecule has 17 heavy (non-hydrogen) atoms. The zero-order chi connectivity index (χ0) is 12.7. The summed E-state index contributed by atoms with van der Waals surface area (Å²) in [4.78, 5) is 11.7. The average molecular weight is 234 g/mol. The van der Waals surface area contributed by atoms with Gasteiger partial charge < -0.3 is 11.1 Å². The van der Waals surface area contributed by atoms with Crippen molar-refractivity contribution < 1.29 is 4.79 Å². The number of carbonyl (C=O) groups is 1. The van der Waals surface area contributed by atoms with Crippen LogP contribution in [-0.2, 0) is 4.79 Å². The van der Waals surface area contributed by atoms with Gasteiger partial charge in [-0.05, 0) is 43.9 Å². The number of rotatable bonds is 6. The molecular weight excluding hydrogens is 212 g/mol. The van der Waals surface area contributed by atoms with Crippen LogP contribution in [0, 0.1) is 12.8 Å². The van der Waals surface area contributed by atoms with E-state index in [0.717, 1.165) is 24.1 Å². The first-order valence-electron chi connectivity index (χ1n) is 6.19. The van der Waals surface area contributed by atoms with Crippen molar-refractivity contribution in [1.29, 1.82) is 0 Å². The van der Waals surface area contributed by atoms with Gasteiger partial charge in [-0.1, -0.05) is 25.1 Å². The number of nitrogens with two attached hydrogens (primary N) is 1. The summed E-state index contributed by atoms with van der Waals surface area (Å²) < 4.78 is 0. The smallest absolute Gasteiger partial charge is 0.224 e. The molecule has 3 N–H and O–H groups in total. The number of hydrogen-bond acceptors (Lipinski definition) is 2. The molecule has 1 atom stereocenters. The molecule has 3 nitrogen and oxygen atoms in total. The number of para-hydroxylation sites is 1. The Morgan fingerprint density at radius 1 is 1.35 bits per heavy atom. The van der Waals surface area contributed by atoms with Gasteiger partial charge in [-0.15, -0.1) is 0 Å². The Morgan fingerprint density at radius 2 is 2.06 bits per heavy atom. The lowest BCUT2D eigenvalue weighted by Crippen LogP contribution is -2.14. The van der Waals surface area contributed by atoms with Gasteiger partial charge in [0.25, 0.3) is 0 Å². The number of amides is 1. The maximum absolute atomic E-state index is 11.7. The maximum Gasteiger partial charge on any atom is 0.224 e. The fourth-order valence-electron chi connectivity index (χ4n) is 1.73. The average Bonchev–Trinajstić information content (AvgIpc) is 2.30. The molecule has 3 heteroatoms. The fraction of sp³-hybridized carbons (Fsp3) is 0.500. The summed E-state index contributed by atoms with van der Waals surface area (Å²) in [6.45, 7) is 4.82. The molecule has 0 bridgehead atoms. The largest absolute Gasteiger partial charge is 0.330 e. The summed E-state index contributed by atoms with van der Waals surface area (Å²) in [5.74, 6) is 0.603. The first kappa shape index (κ1) is 13.7. The lowest BCUT2D eigenvalue weighted by atomic mass is 10.0. The Balaban J connectivity index is 2.37. The molecule has 0 saturated heterocycles. The molecule has 0 aliphatic rings. The van der Waals surface area contributed by atoms with Crippen LogP contribution in [0.1, 0.15) is 31.7 Å². The van der Waals surface area contributed by atoms with Gasteiger partial charge in [0.2, 0.25) is 5.91 Å². The highest BCUT2D eigenvalue weighted by molar-refractivity contribution is 5.91. The van der Waals surface area contributed by atoms with Crippen molar-refractivity contribution in [2.24, 2.45) is 11.7 Å². The summed E-state index contributed by atoms with van der Waals surface area (Å²) in [5, 5.41) is 2.94. The molecular formula is C14H22N2O. The molecule has 1 aromatic rings. The number of carbonyl (C=O) groups excluding carboxylic acids is 1. The second kappa shape index (κ2) is 7.07. The SMILES string of the molecule is Cc1ccccc1NC(=O)CCC(C)CCN. The second-order valence-electron chi connectivity index (χ2n) is 4.58. The lowest BCUT2D eigenvalue weighted by Gasteiger charge is -2.11. The molecule has 0 saturated carbocycles. The molecule has 0 spiro atoms. The van der Waals surface area contributed by atoms with Crippen LogP contribution in [0.3, 0.4) is 0 Å². The van der Waals surface area contributed by atoms with Crippen LogP contribution in [0.5, 0.6) is 0 Å². The highest BCUT2D eigenvalue weighted by Crippen LogP contribution is 2.15. The third-order valence-electron chi connectivity index (χ3n) is 2.94. The molecule has 1 unspecified atom stereocenters. The number of hydrogen-bond donors (Lipinski definition) is 2. The molecule has 0 radical (unpaired) electrons. The number of benzene rings is 1. The first-order valence-corrected chi connectivity index (χ1v) is 6.19. The molecule has 0 heterocycles. The Morgan fingerprint density at radius 3 is 2.71 bits per heavy atom. The molecule has 1 rings (SSSR count). The highest BCUT2D eigenvalue weighted by Gasteiger charge is 2.07. The van der Waals surface area contributed by atoms with E-state index in [-0.39, 0.29) is 5.91 Å². The highest BCUT2D eigenvalue weighted by atomic mass is 16.1. The van der Waals surface area contributed by atoms with E-state index < -0.39 is 0 Å². The lowest BCUT2D eigenvalue weighted by molar-refractivity contribution is -0.116. The zero-order valence-electron chi connectivity index (χ0n) is 10.7. The van der Waals surface area contributed by atoms with Crippen LogP contribution >= 0.6 is 0 Å². The minimum absolute atomic E-state index is 0.0863. The summed E-state index contributed by atoms with van der Waals surface area (Å²) in [7, 11) is 0. The second-order valence-corrected chi connectivity index (χ2v) is 4.58. The zero-order valence-corrected chi connectivity index (χ0v) is 10.7. The molecule has 94 valence electrons. The van der Waals surface area contributed by atoms with Gasteiger partial charge in [-0.3, -0.25) is 4.79 Å². The van der Waals surface area contributed by atoms with Crippen molar-refractivity contribution in [1.82, 2.24) is 0 Å². The fourth-order valence-corrected chi connectivity index (χ4v) is 1.73. The number of nitrogens with one attached hydrogen (secondary N) is 1. The van der Waals surface area contributed by atoms with Gasteiger partial charge in [0, 0.05) is 12.1 Å². The summed E-state index contributed by atoms with van der Waals surface area (Å²) in [5.41, 5.74) is 7.48. The third kappa shape index (κ3) is 5.00. The van der Waals surface area contributed by atoms with Crippen LogP contribution in [0.2, 0.25) is 0 Å². The third-order valence-corrected chi connectivity index (χ3v) is 2.94. The summed E-state index contributed by atoms with van der Waals surface area (Å²) in [6.07, 6.45) is 2.45. The normalized spacial score (nSPS) is 12.2. The van der Waals surface area contributed by atoms with Crippen LogP contribution in [0.25, 0.3) is 0 Å². The van der Waals surface area contributed by atoms with Gasteiger partial charge in [0.1, 0.15) is 0 Å². The van der Waals surface area contributed by atoms with Gasteiger partial charge in [-0.25, -0.2) is 0 Å². The summed E-state index contributed by atoms with van der Waals surface area (Å²) >= 11 is 0. The van der Waals surface area contributed by atoms with E-state index in [0.29, 0.717) is 18.9 Å². The molecule has 0 aromatic heterocycles. The summed E-state index contributed by atoms with van der Waals surface area (Å²) in [6, 6.07) is 7.82. The van der Waals surface area contributed by atoms with Crippen molar-refractivity contribution in [3.8, 4) is 0 Å². The molecule has 0 aliphatic heterocycles. The minimum atomic E-state index is 0.0863. The van der Waals surface area contributed by atoms with Crippen molar-refractivity contribution >= 4 is 11.6 Å². The molecule has 0 aliphatic carbocycles. The first-order chi connectivity index (χ1) is 8.13. The Hall–Kier alpha value is -1.35. The predicted octanol–water partition coefficient (Wildman–Crippen LogP) is 2.70. The van der Waals surface area contributed by atoms with Gasteiger partial charge >= 0.3 is 0 Å². The number of aryl methyl sites for hydroxylation is 1. The molecule has 0 fully saturated rings. The van der Waals surface area contributed by atoms with Crippen molar-refractivity contribution in [3.63, 3.8) is 0 Å². The Labute approximate surface area is 103 Å². The van der Waals surface area contributed by atoms with Crippen molar-refractivity contribution in [2.45, 2.75) is 33.1 Å². The topological polar surface area (TPSA) is 55.1 Å². The Bertz CT molecular complexity index is 363. The monoisotopic (exact) mass is 234 g/mol. The maximum atomic E-state index is 11.7. The van der Waals surface area contributed by atoms with E-state index in [1.54, 1.807) is 0 Å². The van der Waals surface area contributed by atoms with Crippen LogP contribution in [0.15, 0.2) is 24.3 Å². The minimum Gasteiger partial charge on any atom is -0.330 e. The molecule has 1 aromatic carbocycles. The van der Waals surface area contributed by atoms with Crippen LogP contribution in [0.4, 0.5) is 5.69 Å².